The molecule has 0 bridgehead atoms. The van der Waals surface area contributed by atoms with Crippen LogP contribution < -0.4 is 0 Å². The van der Waals surface area contributed by atoms with E-state index < -0.39 is 0 Å². The standard InChI is InChI=1S/C15H27N5O/c1-6-19-9-7-12(8-10-19)18(5)14(21)13-16-11-20(17-13)15(2,3)4/h11-12H,6-10H2,1-5H3. The zero-order valence-corrected chi connectivity index (χ0v) is 13.8. The largest absolute Gasteiger partial charge is 0.336 e. The predicted octanol–water partition coefficient (Wildman–Crippen LogP) is 1.59. The van der Waals surface area contributed by atoms with E-state index >= 15 is 0 Å². The lowest BCUT2D eigenvalue weighted by Crippen LogP contribution is -2.45. The third-order valence-corrected chi connectivity index (χ3v) is 4.24. The second kappa shape index (κ2) is 6.13. The number of aromatic nitrogens is 3. The molecule has 1 aromatic heterocycles. The topological polar surface area (TPSA) is 54.3 Å². The van der Waals surface area contributed by atoms with Crippen LogP contribution in [0.4, 0.5) is 0 Å². The number of hydrogen-bond donors (Lipinski definition) is 0. The smallest absolute Gasteiger partial charge is 0.293 e. The van der Waals surface area contributed by atoms with Crippen molar-refractivity contribution < 1.29 is 4.79 Å². The SMILES string of the molecule is CCN1CCC(N(C)C(=O)c2ncn(C(C)(C)C)n2)CC1. The van der Waals surface area contributed by atoms with Gasteiger partial charge in [0.2, 0.25) is 5.82 Å². The van der Waals surface area contributed by atoms with Gasteiger partial charge in [-0.3, -0.25) is 4.79 Å². The van der Waals surface area contributed by atoms with Gasteiger partial charge >= 0.3 is 0 Å². The van der Waals surface area contributed by atoms with Crippen LogP contribution in [0.25, 0.3) is 0 Å². The van der Waals surface area contributed by atoms with Crippen LogP contribution in [-0.2, 0) is 5.54 Å². The molecular weight excluding hydrogens is 266 g/mol. The number of piperidine rings is 1. The van der Waals surface area contributed by atoms with Crippen LogP contribution in [0, 0.1) is 0 Å². The van der Waals surface area contributed by atoms with E-state index in [0.717, 1.165) is 32.5 Å². The number of nitrogens with zero attached hydrogens (tertiary/aromatic N) is 5. The summed E-state index contributed by atoms with van der Waals surface area (Å²) in [7, 11) is 1.87. The normalized spacial score (nSPS) is 18.0. The van der Waals surface area contributed by atoms with Crippen molar-refractivity contribution in [2.45, 2.75) is 52.1 Å². The summed E-state index contributed by atoms with van der Waals surface area (Å²) in [6.07, 6.45) is 3.69. The van der Waals surface area contributed by atoms with E-state index in [1.54, 1.807) is 11.0 Å². The number of likely N-dealkylation sites (tertiary alicyclic amines) is 1. The average molecular weight is 293 g/mol. The van der Waals surface area contributed by atoms with Crippen molar-refractivity contribution in [3.63, 3.8) is 0 Å². The Morgan fingerprint density at radius 1 is 1.38 bits per heavy atom. The minimum Gasteiger partial charge on any atom is -0.336 e. The van der Waals surface area contributed by atoms with Gasteiger partial charge in [-0.25, -0.2) is 9.67 Å². The molecule has 0 aromatic carbocycles. The van der Waals surface area contributed by atoms with Gasteiger partial charge in [-0.2, -0.15) is 0 Å². The first-order valence-electron chi connectivity index (χ1n) is 7.74. The maximum atomic E-state index is 12.5. The van der Waals surface area contributed by atoms with Gasteiger partial charge in [0.05, 0.1) is 5.54 Å². The highest BCUT2D eigenvalue weighted by Gasteiger charge is 2.28. The molecule has 0 N–H and O–H groups in total. The van der Waals surface area contributed by atoms with Gasteiger partial charge < -0.3 is 9.80 Å². The molecule has 1 aliphatic heterocycles. The lowest BCUT2D eigenvalue weighted by atomic mass is 10.0. The lowest BCUT2D eigenvalue weighted by molar-refractivity contribution is 0.0634. The van der Waals surface area contributed by atoms with Crippen molar-refractivity contribution in [2.24, 2.45) is 0 Å². The van der Waals surface area contributed by atoms with Gasteiger partial charge in [-0.15, -0.1) is 5.10 Å². The molecule has 1 aliphatic rings. The molecule has 0 spiro atoms. The fourth-order valence-electron chi connectivity index (χ4n) is 2.63. The molecule has 0 unspecified atom stereocenters. The van der Waals surface area contributed by atoms with E-state index in [2.05, 4.69) is 21.9 Å². The molecular formula is C15H27N5O. The van der Waals surface area contributed by atoms with Crippen LogP contribution in [0.3, 0.4) is 0 Å². The van der Waals surface area contributed by atoms with Crippen LogP contribution in [0.1, 0.15) is 51.2 Å². The number of carbonyl (C=O) groups is 1. The number of amides is 1. The number of rotatable bonds is 3. The summed E-state index contributed by atoms with van der Waals surface area (Å²) in [5, 5.41) is 4.33. The molecule has 2 heterocycles. The molecule has 6 nitrogen and oxygen atoms in total. The molecule has 1 amide bonds. The van der Waals surface area contributed by atoms with Gasteiger partial charge in [0.25, 0.3) is 5.91 Å². The van der Waals surface area contributed by atoms with Crippen molar-refractivity contribution in [3.05, 3.63) is 12.2 Å². The van der Waals surface area contributed by atoms with Crippen LogP contribution in [-0.4, -0.2) is 63.2 Å². The molecule has 0 atom stereocenters. The Morgan fingerprint density at radius 3 is 2.48 bits per heavy atom. The molecule has 1 aromatic rings. The van der Waals surface area contributed by atoms with Gasteiger partial charge in [0.1, 0.15) is 6.33 Å². The van der Waals surface area contributed by atoms with Crippen molar-refractivity contribution in [2.75, 3.05) is 26.7 Å². The first kappa shape index (κ1) is 15.9. The van der Waals surface area contributed by atoms with Gasteiger partial charge in [0, 0.05) is 26.2 Å². The summed E-state index contributed by atoms with van der Waals surface area (Å²) in [6, 6.07) is 0.293. The summed E-state index contributed by atoms with van der Waals surface area (Å²) in [6.45, 7) is 11.5. The maximum Gasteiger partial charge on any atom is 0.293 e. The monoisotopic (exact) mass is 293 g/mol. The minimum atomic E-state index is -0.156. The zero-order chi connectivity index (χ0) is 15.6. The predicted molar refractivity (Wildman–Crippen MR) is 82.2 cm³/mol. The molecule has 6 heteroatoms. The fraction of sp³-hybridized carbons (Fsp3) is 0.800. The second-order valence-electron chi connectivity index (χ2n) is 6.77. The summed E-state index contributed by atoms with van der Waals surface area (Å²) in [5.74, 6) is 0.221. The Morgan fingerprint density at radius 2 is 2.00 bits per heavy atom. The van der Waals surface area contributed by atoms with Gasteiger partial charge in [0.15, 0.2) is 0 Å². The summed E-state index contributed by atoms with van der Waals surface area (Å²) < 4.78 is 1.74. The van der Waals surface area contributed by atoms with Gasteiger partial charge in [-0.05, 0) is 40.2 Å². The lowest BCUT2D eigenvalue weighted by Gasteiger charge is -2.35. The molecule has 0 aliphatic carbocycles. The first-order valence-corrected chi connectivity index (χ1v) is 7.74. The van der Waals surface area contributed by atoms with E-state index in [1.807, 2.05) is 32.7 Å². The highest BCUT2D eigenvalue weighted by atomic mass is 16.2. The first-order chi connectivity index (χ1) is 9.82. The van der Waals surface area contributed by atoms with Gasteiger partial charge in [-0.1, -0.05) is 6.92 Å². The molecule has 21 heavy (non-hydrogen) atoms. The van der Waals surface area contributed by atoms with E-state index in [4.69, 9.17) is 0 Å². The van der Waals surface area contributed by atoms with Crippen molar-refractivity contribution in [1.82, 2.24) is 24.6 Å². The maximum absolute atomic E-state index is 12.5. The minimum absolute atomic E-state index is 0.0760. The van der Waals surface area contributed by atoms with E-state index in [0.29, 0.717) is 11.9 Å². The fourth-order valence-corrected chi connectivity index (χ4v) is 2.63. The van der Waals surface area contributed by atoms with Crippen molar-refractivity contribution in [1.29, 1.82) is 0 Å². The quantitative estimate of drug-likeness (QED) is 0.849. The Labute approximate surface area is 127 Å². The third kappa shape index (κ3) is 3.61. The summed E-state index contributed by atoms with van der Waals surface area (Å²) >= 11 is 0. The van der Waals surface area contributed by atoms with Crippen LogP contribution in [0.5, 0.6) is 0 Å². The van der Waals surface area contributed by atoms with Crippen molar-refractivity contribution >= 4 is 5.91 Å². The Kier molecular flexibility index (Phi) is 4.66. The highest BCUT2D eigenvalue weighted by molar-refractivity contribution is 5.90. The van der Waals surface area contributed by atoms with E-state index in [1.165, 1.54) is 0 Å². The molecule has 1 saturated heterocycles. The number of carbonyl (C=O) groups excluding carboxylic acids is 1. The third-order valence-electron chi connectivity index (χ3n) is 4.24. The van der Waals surface area contributed by atoms with Crippen LogP contribution in [0.2, 0.25) is 0 Å². The molecule has 0 radical (unpaired) electrons. The summed E-state index contributed by atoms with van der Waals surface area (Å²) in [4.78, 5) is 20.9. The Balaban J connectivity index is 2.01. The van der Waals surface area contributed by atoms with Crippen LogP contribution >= 0.6 is 0 Å². The van der Waals surface area contributed by atoms with Crippen molar-refractivity contribution in [3.8, 4) is 0 Å². The van der Waals surface area contributed by atoms with E-state index in [-0.39, 0.29) is 11.4 Å². The molecule has 0 saturated carbocycles. The number of hydrogen-bond acceptors (Lipinski definition) is 4. The second-order valence-corrected chi connectivity index (χ2v) is 6.77. The molecule has 1 fully saturated rings. The molecule has 2 rings (SSSR count). The Bertz CT molecular complexity index is 482. The summed E-state index contributed by atoms with van der Waals surface area (Å²) in [5.41, 5.74) is -0.156. The Hall–Kier alpha value is -1.43. The zero-order valence-electron chi connectivity index (χ0n) is 13.8. The average Bonchev–Trinajstić information content (AvgIpc) is 2.95. The highest BCUT2D eigenvalue weighted by Crippen LogP contribution is 2.17. The van der Waals surface area contributed by atoms with E-state index in [9.17, 15) is 4.79 Å². The van der Waals surface area contributed by atoms with Crippen LogP contribution in [0.15, 0.2) is 6.33 Å². The molecule has 118 valence electrons.